The largest absolute Gasteiger partial charge is 0.481 e. The number of carboxylic acid groups (broad SMARTS) is 1. The van der Waals surface area contributed by atoms with Gasteiger partial charge in [0.1, 0.15) is 5.41 Å². The summed E-state index contributed by atoms with van der Waals surface area (Å²) in [7, 11) is 1.84. The molecule has 1 N–H and O–H groups in total. The molecule has 0 atom stereocenters. The molecule has 3 heterocycles. The quantitative estimate of drug-likeness (QED) is 0.800. The highest BCUT2D eigenvalue weighted by Crippen LogP contribution is 2.42. The summed E-state index contributed by atoms with van der Waals surface area (Å²) in [5.74, 6) is -0.797. The van der Waals surface area contributed by atoms with Crippen LogP contribution in [0.1, 0.15) is 31.4 Å². The van der Waals surface area contributed by atoms with Gasteiger partial charge in [-0.05, 0) is 18.9 Å². The van der Waals surface area contributed by atoms with E-state index in [4.69, 9.17) is 4.98 Å². The number of fused-ring (bicyclic) bond motifs is 1. The fourth-order valence-corrected chi connectivity index (χ4v) is 3.50. The van der Waals surface area contributed by atoms with E-state index in [9.17, 15) is 9.90 Å². The van der Waals surface area contributed by atoms with Crippen LogP contribution in [-0.4, -0.2) is 35.5 Å². The molecule has 23 heavy (non-hydrogen) atoms. The first-order chi connectivity index (χ1) is 11.1. The number of aliphatic carboxylic acids is 1. The van der Waals surface area contributed by atoms with Gasteiger partial charge in [0, 0.05) is 18.8 Å². The minimum Gasteiger partial charge on any atom is -0.481 e. The molecule has 1 aliphatic rings. The molecule has 0 amide bonds. The van der Waals surface area contributed by atoms with Crippen LogP contribution in [-0.2, 0) is 17.3 Å². The predicted molar refractivity (Wildman–Crippen MR) is 83.0 cm³/mol. The Labute approximate surface area is 132 Å². The topological polar surface area (TPSA) is 85.3 Å². The lowest BCUT2D eigenvalue weighted by Gasteiger charge is -2.24. The molecule has 1 saturated carbocycles. The SMILES string of the molecule is Cn1cc(-c2cn3nccc3c(C3(C(=O)O)CCCC3)n2)cn1. The molecular weight excluding hydrogens is 294 g/mol. The van der Waals surface area contributed by atoms with E-state index >= 15 is 0 Å². The van der Waals surface area contributed by atoms with Crippen molar-refractivity contribution in [1.82, 2.24) is 24.4 Å². The van der Waals surface area contributed by atoms with Crippen LogP contribution < -0.4 is 0 Å². The zero-order valence-corrected chi connectivity index (χ0v) is 12.8. The maximum Gasteiger partial charge on any atom is 0.315 e. The van der Waals surface area contributed by atoms with Gasteiger partial charge in [0.2, 0.25) is 0 Å². The van der Waals surface area contributed by atoms with Crippen molar-refractivity contribution in [3.8, 4) is 11.3 Å². The van der Waals surface area contributed by atoms with E-state index in [-0.39, 0.29) is 0 Å². The average molecular weight is 311 g/mol. The molecule has 3 aromatic rings. The molecule has 0 spiro atoms. The van der Waals surface area contributed by atoms with Crippen molar-refractivity contribution < 1.29 is 9.90 Å². The summed E-state index contributed by atoms with van der Waals surface area (Å²) in [6.07, 6.45) is 10.1. The van der Waals surface area contributed by atoms with E-state index in [0.717, 1.165) is 23.9 Å². The van der Waals surface area contributed by atoms with E-state index in [1.807, 2.05) is 25.5 Å². The Kier molecular flexibility index (Phi) is 2.97. The lowest BCUT2D eigenvalue weighted by molar-refractivity contribution is -0.143. The summed E-state index contributed by atoms with van der Waals surface area (Å²) >= 11 is 0. The number of hydrogen-bond donors (Lipinski definition) is 1. The highest BCUT2D eigenvalue weighted by molar-refractivity contribution is 5.84. The van der Waals surface area contributed by atoms with Crippen LogP contribution >= 0.6 is 0 Å². The smallest absolute Gasteiger partial charge is 0.315 e. The second-order valence-corrected chi connectivity index (χ2v) is 6.13. The van der Waals surface area contributed by atoms with E-state index in [1.165, 1.54) is 0 Å². The van der Waals surface area contributed by atoms with Crippen molar-refractivity contribution in [2.24, 2.45) is 7.05 Å². The Morgan fingerprint density at radius 1 is 1.26 bits per heavy atom. The van der Waals surface area contributed by atoms with Gasteiger partial charge in [-0.25, -0.2) is 9.50 Å². The highest BCUT2D eigenvalue weighted by atomic mass is 16.4. The summed E-state index contributed by atoms with van der Waals surface area (Å²) in [5, 5.41) is 18.4. The maximum absolute atomic E-state index is 12.1. The second-order valence-electron chi connectivity index (χ2n) is 6.13. The minimum atomic E-state index is -0.917. The molecule has 0 unspecified atom stereocenters. The van der Waals surface area contributed by atoms with Gasteiger partial charge in [0.15, 0.2) is 0 Å². The molecule has 118 valence electrons. The number of nitrogens with zero attached hydrogens (tertiary/aromatic N) is 5. The third-order valence-electron chi connectivity index (χ3n) is 4.71. The Morgan fingerprint density at radius 3 is 2.70 bits per heavy atom. The van der Waals surface area contributed by atoms with Crippen LogP contribution in [0.5, 0.6) is 0 Å². The molecule has 7 nitrogen and oxygen atoms in total. The van der Waals surface area contributed by atoms with Crippen molar-refractivity contribution in [2.75, 3.05) is 0 Å². The zero-order valence-electron chi connectivity index (χ0n) is 12.8. The molecule has 4 rings (SSSR count). The summed E-state index contributed by atoms with van der Waals surface area (Å²) in [5.41, 5.74) is 2.00. The number of hydrogen-bond acceptors (Lipinski definition) is 4. The predicted octanol–water partition coefficient (Wildman–Crippen LogP) is 2.03. The van der Waals surface area contributed by atoms with Crippen molar-refractivity contribution in [3.05, 3.63) is 36.5 Å². The third-order valence-corrected chi connectivity index (χ3v) is 4.71. The fraction of sp³-hybridized carbons (Fsp3) is 0.375. The molecular formula is C16H17N5O2. The first-order valence-corrected chi connectivity index (χ1v) is 7.67. The Hall–Kier alpha value is -2.70. The molecule has 0 radical (unpaired) electrons. The molecule has 3 aromatic heterocycles. The molecule has 1 fully saturated rings. The van der Waals surface area contributed by atoms with Crippen molar-refractivity contribution in [1.29, 1.82) is 0 Å². The van der Waals surface area contributed by atoms with Crippen LogP contribution in [0.15, 0.2) is 30.9 Å². The van der Waals surface area contributed by atoms with Crippen molar-refractivity contribution >= 4 is 11.5 Å². The minimum absolute atomic E-state index is 0.612. The van der Waals surface area contributed by atoms with Gasteiger partial charge in [-0.15, -0.1) is 0 Å². The monoisotopic (exact) mass is 311 g/mol. The maximum atomic E-state index is 12.1. The van der Waals surface area contributed by atoms with E-state index < -0.39 is 11.4 Å². The Balaban J connectivity index is 1.98. The molecule has 0 saturated heterocycles. The molecule has 1 aliphatic carbocycles. The number of aromatic nitrogens is 5. The number of aryl methyl sites for hydroxylation is 1. The number of rotatable bonds is 3. The summed E-state index contributed by atoms with van der Waals surface area (Å²) in [4.78, 5) is 16.8. The fourth-order valence-electron chi connectivity index (χ4n) is 3.50. The summed E-state index contributed by atoms with van der Waals surface area (Å²) in [6, 6.07) is 1.83. The number of carboxylic acids is 1. The van der Waals surface area contributed by atoms with Gasteiger partial charge < -0.3 is 5.11 Å². The number of carbonyl (C=O) groups is 1. The van der Waals surface area contributed by atoms with Crippen LogP contribution in [0.4, 0.5) is 0 Å². The van der Waals surface area contributed by atoms with E-state index in [1.54, 1.807) is 21.6 Å². The summed E-state index contributed by atoms with van der Waals surface area (Å²) < 4.78 is 3.42. The van der Waals surface area contributed by atoms with Gasteiger partial charge >= 0.3 is 5.97 Å². The average Bonchev–Trinajstić information content (AvgIpc) is 3.26. The molecule has 7 heteroatoms. The highest BCUT2D eigenvalue weighted by Gasteiger charge is 2.45. The standard InChI is InChI=1S/C16H17N5O2/c1-20-9-11(8-18-20)12-10-21-13(4-7-17-21)14(19-12)16(15(22)23)5-2-3-6-16/h4,7-10H,2-3,5-6H2,1H3,(H,22,23). The van der Waals surface area contributed by atoms with Gasteiger partial charge in [0.05, 0.1) is 35.5 Å². The normalized spacial score (nSPS) is 16.9. The third kappa shape index (κ3) is 2.03. The Bertz CT molecular complexity index is 889. The lowest BCUT2D eigenvalue weighted by Crippen LogP contribution is -2.34. The van der Waals surface area contributed by atoms with E-state index in [0.29, 0.717) is 24.2 Å². The van der Waals surface area contributed by atoms with Crippen molar-refractivity contribution in [2.45, 2.75) is 31.1 Å². The van der Waals surface area contributed by atoms with Crippen LogP contribution in [0, 0.1) is 0 Å². The lowest BCUT2D eigenvalue weighted by atomic mass is 9.82. The van der Waals surface area contributed by atoms with Crippen LogP contribution in [0.3, 0.4) is 0 Å². The first kappa shape index (κ1) is 13.9. The molecule has 0 aromatic carbocycles. The van der Waals surface area contributed by atoms with Crippen molar-refractivity contribution in [3.63, 3.8) is 0 Å². The van der Waals surface area contributed by atoms with Crippen LogP contribution in [0.2, 0.25) is 0 Å². The van der Waals surface area contributed by atoms with Gasteiger partial charge in [-0.2, -0.15) is 10.2 Å². The second kappa shape index (κ2) is 4.91. The van der Waals surface area contributed by atoms with Gasteiger partial charge in [-0.1, -0.05) is 12.8 Å². The van der Waals surface area contributed by atoms with E-state index in [2.05, 4.69) is 10.2 Å². The van der Waals surface area contributed by atoms with Gasteiger partial charge in [0.25, 0.3) is 0 Å². The molecule has 0 aliphatic heterocycles. The van der Waals surface area contributed by atoms with Gasteiger partial charge in [-0.3, -0.25) is 9.48 Å². The molecule has 0 bridgehead atoms. The summed E-state index contributed by atoms with van der Waals surface area (Å²) in [6.45, 7) is 0. The zero-order chi connectivity index (χ0) is 16.0. The van der Waals surface area contributed by atoms with Crippen LogP contribution in [0.25, 0.3) is 16.8 Å². The Morgan fingerprint density at radius 2 is 2.04 bits per heavy atom. The first-order valence-electron chi connectivity index (χ1n) is 7.67.